The highest BCUT2D eigenvalue weighted by Gasteiger charge is 2.26. The van der Waals surface area contributed by atoms with Crippen LogP contribution in [0, 0.1) is 12.3 Å². The van der Waals surface area contributed by atoms with E-state index in [1.165, 1.54) is 17.5 Å². The number of aryl methyl sites for hydroxylation is 1. The quantitative estimate of drug-likeness (QED) is 0.367. The number of piperazine rings is 1. The third-order valence-corrected chi connectivity index (χ3v) is 7.35. The van der Waals surface area contributed by atoms with Gasteiger partial charge in [0.1, 0.15) is 0 Å². The molecule has 0 radical (unpaired) electrons. The number of fused-ring (bicyclic) bond motifs is 3. The average molecular weight is 564 g/mol. The summed E-state index contributed by atoms with van der Waals surface area (Å²) in [5.41, 5.74) is 7.87. The Kier molecular flexibility index (Phi) is 12.9. The fraction of sp³-hybridized carbons (Fsp3) is 0.455. The van der Waals surface area contributed by atoms with Gasteiger partial charge in [0.25, 0.3) is 5.91 Å². The maximum atomic E-state index is 13.1. The van der Waals surface area contributed by atoms with Crippen molar-refractivity contribution < 1.29 is 14.0 Å². The van der Waals surface area contributed by atoms with E-state index < -0.39 is 0 Å². The van der Waals surface area contributed by atoms with Crippen LogP contribution in [0.25, 0.3) is 22.2 Å². The van der Waals surface area contributed by atoms with Crippen molar-refractivity contribution in [2.24, 2.45) is 0 Å². The smallest absolute Gasteiger partial charge is 0.253 e. The summed E-state index contributed by atoms with van der Waals surface area (Å²) in [5.74, 6) is 0.0558. The van der Waals surface area contributed by atoms with Gasteiger partial charge in [0.2, 0.25) is 5.91 Å². The van der Waals surface area contributed by atoms with Crippen LogP contribution < -0.4 is 4.90 Å². The van der Waals surface area contributed by atoms with Crippen LogP contribution in [-0.2, 0) is 11.2 Å². The molecule has 222 valence electrons. The third-order valence-electron chi connectivity index (χ3n) is 7.35. The average Bonchev–Trinajstić information content (AvgIpc) is 3.03. The van der Waals surface area contributed by atoms with Crippen molar-refractivity contribution in [2.45, 2.75) is 54.4 Å². The number of nitrogens with zero attached hydrogens (tertiary/aromatic N) is 4. The number of hydrogen-bond donors (Lipinski definition) is 1. The first-order valence-corrected chi connectivity index (χ1v) is 14.6. The number of rotatable bonds is 3. The number of hydrogen-bond acceptors (Lipinski definition) is 5. The number of alkyl halides is 1. The van der Waals surface area contributed by atoms with Gasteiger partial charge in [-0.15, -0.1) is 0 Å². The molecule has 3 heterocycles. The Morgan fingerprint density at radius 3 is 2.05 bits per heavy atom. The topological polar surface area (TPSA) is 80.6 Å². The van der Waals surface area contributed by atoms with Crippen LogP contribution in [0.15, 0.2) is 36.4 Å². The van der Waals surface area contributed by atoms with Gasteiger partial charge in [-0.3, -0.25) is 14.0 Å². The molecule has 5 rings (SSSR count). The van der Waals surface area contributed by atoms with Gasteiger partial charge in [-0.25, -0.2) is 4.98 Å². The lowest BCUT2D eigenvalue weighted by molar-refractivity contribution is -0.130. The first-order valence-electron chi connectivity index (χ1n) is 14.6. The van der Waals surface area contributed by atoms with E-state index in [4.69, 9.17) is 10.4 Å². The molecule has 0 saturated carbocycles. The largest absolute Gasteiger partial charge is 0.374 e. The summed E-state index contributed by atoms with van der Waals surface area (Å²) in [5, 5.41) is 9.07. The minimum atomic E-state index is -0.000847. The Bertz CT molecular complexity index is 1330. The van der Waals surface area contributed by atoms with Gasteiger partial charge in [-0.05, 0) is 43.5 Å². The molecule has 41 heavy (non-hydrogen) atoms. The van der Waals surface area contributed by atoms with Gasteiger partial charge >= 0.3 is 0 Å². The van der Waals surface area contributed by atoms with Crippen LogP contribution >= 0.6 is 0 Å². The standard InChI is InChI=1S/C28H31N5O2.2C2H6.CH3F/c1-18-6-11-24-25(23(18)17-29)27-22(5-4-12-31(27)3)26(30-24)20-7-9-21(10-8-20)28(35)33-15-13-32(14-16-33)19(2)34;3*1-2/h6-11,17,29H,4-5,12-16H2,1-3H3;2*1-2H3;1H3. The zero-order chi connectivity index (χ0) is 30.7. The summed E-state index contributed by atoms with van der Waals surface area (Å²) in [6.45, 7) is 14.9. The fourth-order valence-corrected chi connectivity index (χ4v) is 5.37. The highest BCUT2D eigenvalue weighted by atomic mass is 19.1. The second-order valence-electron chi connectivity index (χ2n) is 9.52. The number of anilines is 1. The Labute approximate surface area is 244 Å². The number of benzene rings is 2. The van der Waals surface area contributed by atoms with E-state index in [9.17, 15) is 14.0 Å². The number of aromatic nitrogens is 1. The van der Waals surface area contributed by atoms with E-state index in [2.05, 4.69) is 11.9 Å². The Hall–Kier alpha value is -3.81. The van der Waals surface area contributed by atoms with Crippen molar-refractivity contribution in [1.82, 2.24) is 14.8 Å². The maximum Gasteiger partial charge on any atom is 0.253 e. The first-order chi connectivity index (χ1) is 19.9. The molecule has 2 aliphatic heterocycles. The van der Waals surface area contributed by atoms with Crippen molar-refractivity contribution in [3.8, 4) is 11.3 Å². The molecule has 1 N–H and O–H groups in total. The number of nitrogens with one attached hydrogen (secondary N) is 1. The zero-order valence-corrected chi connectivity index (χ0v) is 26.0. The number of pyridine rings is 1. The van der Waals surface area contributed by atoms with Crippen molar-refractivity contribution in [1.29, 1.82) is 5.41 Å². The SMILES string of the molecule is CC.CC.CC(=O)N1CCN(C(=O)c2ccc(-c3nc4ccc(C)c(C=N)c4c4c3CCCN4C)cc2)CC1.CF. The van der Waals surface area contributed by atoms with Gasteiger partial charge in [0.05, 0.1) is 24.1 Å². The van der Waals surface area contributed by atoms with Crippen LogP contribution in [0.4, 0.5) is 10.1 Å². The van der Waals surface area contributed by atoms with Crippen LogP contribution in [0.5, 0.6) is 0 Å². The van der Waals surface area contributed by atoms with Gasteiger partial charge < -0.3 is 20.1 Å². The van der Waals surface area contributed by atoms with Crippen LogP contribution in [0.2, 0.25) is 0 Å². The third kappa shape index (κ3) is 7.10. The zero-order valence-electron chi connectivity index (χ0n) is 26.0. The van der Waals surface area contributed by atoms with Crippen LogP contribution in [0.3, 0.4) is 0 Å². The van der Waals surface area contributed by atoms with Gasteiger partial charge in [-0.1, -0.05) is 45.9 Å². The second-order valence-corrected chi connectivity index (χ2v) is 9.52. The highest BCUT2D eigenvalue weighted by Crippen LogP contribution is 2.41. The molecule has 2 amide bonds. The molecule has 0 unspecified atom stereocenters. The number of halogens is 1. The van der Waals surface area contributed by atoms with E-state index in [0.717, 1.165) is 52.7 Å². The molecular weight excluding hydrogens is 517 g/mol. The van der Waals surface area contributed by atoms with Crippen molar-refractivity contribution in [2.75, 3.05) is 51.8 Å². The first kappa shape index (κ1) is 33.4. The number of amides is 2. The monoisotopic (exact) mass is 563 g/mol. The van der Waals surface area contributed by atoms with Crippen molar-refractivity contribution in [3.05, 3.63) is 58.7 Å². The Morgan fingerprint density at radius 1 is 0.902 bits per heavy atom. The molecule has 1 aromatic heterocycles. The van der Waals surface area contributed by atoms with E-state index in [-0.39, 0.29) is 11.8 Å². The fourth-order valence-electron chi connectivity index (χ4n) is 5.37. The molecule has 2 aromatic carbocycles. The van der Waals surface area contributed by atoms with E-state index in [1.54, 1.807) is 11.8 Å². The van der Waals surface area contributed by atoms with Gasteiger partial charge in [-0.2, -0.15) is 0 Å². The van der Waals surface area contributed by atoms with E-state index in [0.29, 0.717) is 38.9 Å². The van der Waals surface area contributed by atoms with Crippen LogP contribution in [-0.4, -0.2) is 79.8 Å². The molecular formula is C33H46FN5O2. The molecule has 1 fully saturated rings. The van der Waals surface area contributed by atoms with Crippen molar-refractivity contribution in [3.63, 3.8) is 0 Å². The summed E-state index contributed by atoms with van der Waals surface area (Å²) in [6.07, 6.45) is 3.43. The lowest BCUT2D eigenvalue weighted by atomic mass is 9.91. The summed E-state index contributed by atoms with van der Waals surface area (Å²) in [4.78, 5) is 35.6. The van der Waals surface area contributed by atoms with E-state index in [1.807, 2.05) is 75.9 Å². The molecule has 0 spiro atoms. The molecule has 8 heteroatoms. The lowest BCUT2D eigenvalue weighted by Crippen LogP contribution is -2.50. The molecule has 0 aliphatic carbocycles. The Balaban J connectivity index is 0.000000921. The minimum absolute atomic E-state index is 0.000847. The highest BCUT2D eigenvalue weighted by molar-refractivity contribution is 6.08. The number of carbonyl (C=O) groups excluding carboxylic acids is 2. The maximum absolute atomic E-state index is 13.1. The molecule has 2 aliphatic rings. The molecule has 0 atom stereocenters. The predicted octanol–water partition coefficient (Wildman–Crippen LogP) is 6.53. The number of carbonyl (C=O) groups is 2. The molecule has 1 saturated heterocycles. The molecule has 0 bridgehead atoms. The predicted molar refractivity (Wildman–Crippen MR) is 169 cm³/mol. The van der Waals surface area contributed by atoms with Gasteiger partial charge in [0.15, 0.2) is 0 Å². The summed E-state index contributed by atoms with van der Waals surface area (Å²) < 4.78 is 9.50. The summed E-state index contributed by atoms with van der Waals surface area (Å²) in [7, 11) is 2.62. The normalized spacial score (nSPS) is 13.9. The lowest BCUT2D eigenvalue weighted by Gasteiger charge is -2.34. The molecule has 3 aromatic rings. The van der Waals surface area contributed by atoms with Crippen LogP contribution in [0.1, 0.15) is 68.1 Å². The molecule has 7 nitrogen and oxygen atoms in total. The van der Waals surface area contributed by atoms with Gasteiger partial charge in [0, 0.05) is 80.5 Å². The summed E-state index contributed by atoms with van der Waals surface area (Å²) in [6, 6.07) is 11.8. The minimum Gasteiger partial charge on any atom is -0.374 e. The van der Waals surface area contributed by atoms with E-state index >= 15 is 0 Å². The van der Waals surface area contributed by atoms with Crippen molar-refractivity contribution >= 4 is 34.6 Å². The summed E-state index contributed by atoms with van der Waals surface area (Å²) >= 11 is 0. The second kappa shape index (κ2) is 15.8. The Morgan fingerprint density at radius 2 is 1.49 bits per heavy atom.